The molecular formula is C9H13N3O3S. The number of primary amides is 1. The highest BCUT2D eigenvalue weighted by atomic mass is 32.2. The Kier molecular flexibility index (Phi) is 3.86. The first-order valence-corrected chi connectivity index (χ1v) is 6.09. The maximum Gasteiger partial charge on any atom is 0.238 e. The van der Waals surface area contributed by atoms with Crippen LogP contribution in [0.4, 0.5) is 5.69 Å². The molecule has 0 saturated heterocycles. The van der Waals surface area contributed by atoms with Crippen molar-refractivity contribution in [2.45, 2.75) is 11.3 Å². The summed E-state index contributed by atoms with van der Waals surface area (Å²) in [6.45, 7) is 0.407. The summed E-state index contributed by atoms with van der Waals surface area (Å²) in [4.78, 5) is 10.5. The van der Waals surface area contributed by atoms with Gasteiger partial charge in [0.2, 0.25) is 15.9 Å². The van der Waals surface area contributed by atoms with Gasteiger partial charge in [0.1, 0.15) is 0 Å². The van der Waals surface area contributed by atoms with E-state index in [9.17, 15) is 13.2 Å². The quantitative estimate of drug-likeness (QED) is 0.653. The number of hydrogen-bond donors (Lipinski definition) is 3. The van der Waals surface area contributed by atoms with Crippen LogP contribution in [0.5, 0.6) is 0 Å². The number of hydrogen-bond acceptors (Lipinski definition) is 4. The zero-order chi connectivity index (χ0) is 12.2. The monoisotopic (exact) mass is 243 g/mol. The first-order valence-electron chi connectivity index (χ1n) is 4.54. The number of carbonyl (C=O) groups excluding carboxylic acids is 1. The molecule has 0 aromatic heterocycles. The second kappa shape index (κ2) is 4.95. The number of anilines is 1. The van der Waals surface area contributed by atoms with Gasteiger partial charge in [-0.15, -0.1) is 0 Å². The molecule has 88 valence electrons. The predicted molar refractivity (Wildman–Crippen MR) is 60.1 cm³/mol. The summed E-state index contributed by atoms with van der Waals surface area (Å²) < 4.78 is 21.9. The first-order chi connectivity index (χ1) is 7.39. The van der Waals surface area contributed by atoms with Gasteiger partial charge < -0.3 is 11.1 Å². The van der Waals surface area contributed by atoms with Gasteiger partial charge in [0.05, 0.1) is 4.90 Å². The van der Waals surface area contributed by atoms with Crippen LogP contribution < -0.4 is 16.2 Å². The molecule has 0 fully saturated rings. The third kappa shape index (κ3) is 3.87. The summed E-state index contributed by atoms with van der Waals surface area (Å²) in [6, 6.07) is 5.92. The van der Waals surface area contributed by atoms with Gasteiger partial charge >= 0.3 is 0 Å². The van der Waals surface area contributed by atoms with Crippen LogP contribution in [0.1, 0.15) is 6.42 Å². The molecule has 0 aliphatic rings. The van der Waals surface area contributed by atoms with Crippen molar-refractivity contribution >= 4 is 21.6 Å². The summed E-state index contributed by atoms with van der Waals surface area (Å²) in [5, 5.41) is 7.86. The highest BCUT2D eigenvalue weighted by Crippen LogP contribution is 2.12. The van der Waals surface area contributed by atoms with Crippen LogP contribution in [0.25, 0.3) is 0 Å². The largest absolute Gasteiger partial charge is 0.385 e. The molecule has 1 aromatic carbocycles. The second-order valence-corrected chi connectivity index (χ2v) is 4.77. The minimum Gasteiger partial charge on any atom is -0.385 e. The first kappa shape index (κ1) is 12.5. The Balaban J connectivity index is 2.62. The van der Waals surface area contributed by atoms with E-state index in [-0.39, 0.29) is 11.3 Å². The average molecular weight is 243 g/mol. The normalized spacial score (nSPS) is 11.1. The number of sulfonamides is 1. The van der Waals surface area contributed by atoms with Crippen LogP contribution >= 0.6 is 0 Å². The van der Waals surface area contributed by atoms with E-state index in [2.05, 4.69) is 5.32 Å². The van der Waals surface area contributed by atoms with E-state index in [4.69, 9.17) is 10.9 Å². The lowest BCUT2D eigenvalue weighted by Crippen LogP contribution is -2.16. The fraction of sp³-hybridized carbons (Fsp3) is 0.222. The highest BCUT2D eigenvalue weighted by molar-refractivity contribution is 7.89. The molecule has 0 spiro atoms. The number of nitrogens with two attached hydrogens (primary N) is 2. The molecule has 7 heteroatoms. The third-order valence-corrected chi connectivity index (χ3v) is 2.81. The number of rotatable bonds is 5. The molecule has 0 heterocycles. The Morgan fingerprint density at radius 3 is 2.25 bits per heavy atom. The molecule has 0 atom stereocenters. The van der Waals surface area contributed by atoms with Gasteiger partial charge in [-0.05, 0) is 24.3 Å². The average Bonchev–Trinajstić information content (AvgIpc) is 2.16. The van der Waals surface area contributed by atoms with Crippen LogP contribution in [-0.4, -0.2) is 20.9 Å². The Hall–Kier alpha value is -1.60. The number of amides is 1. The van der Waals surface area contributed by atoms with Crippen molar-refractivity contribution in [3.63, 3.8) is 0 Å². The Morgan fingerprint density at radius 1 is 1.25 bits per heavy atom. The highest BCUT2D eigenvalue weighted by Gasteiger charge is 2.06. The van der Waals surface area contributed by atoms with Crippen molar-refractivity contribution in [1.82, 2.24) is 0 Å². The molecule has 1 amide bonds. The number of nitrogens with one attached hydrogen (secondary N) is 1. The van der Waals surface area contributed by atoms with Crippen molar-refractivity contribution in [1.29, 1.82) is 0 Å². The van der Waals surface area contributed by atoms with Crippen LogP contribution in [0.2, 0.25) is 0 Å². The fourth-order valence-corrected chi connectivity index (χ4v) is 1.61. The van der Waals surface area contributed by atoms with Gasteiger partial charge in [0.25, 0.3) is 0 Å². The topological polar surface area (TPSA) is 115 Å². The molecule has 0 bridgehead atoms. The lowest BCUT2D eigenvalue weighted by atomic mass is 10.3. The van der Waals surface area contributed by atoms with Crippen molar-refractivity contribution in [3.8, 4) is 0 Å². The van der Waals surface area contributed by atoms with E-state index in [1.165, 1.54) is 12.1 Å². The van der Waals surface area contributed by atoms with Gasteiger partial charge in [-0.1, -0.05) is 0 Å². The summed E-state index contributed by atoms with van der Waals surface area (Å²) in [5.41, 5.74) is 5.67. The lowest BCUT2D eigenvalue weighted by molar-refractivity contribution is -0.117. The van der Waals surface area contributed by atoms with Crippen molar-refractivity contribution in [3.05, 3.63) is 24.3 Å². The Bertz CT molecular complexity index is 467. The molecule has 0 unspecified atom stereocenters. The summed E-state index contributed by atoms with van der Waals surface area (Å²) in [6.07, 6.45) is 0.219. The Morgan fingerprint density at radius 2 is 1.81 bits per heavy atom. The van der Waals surface area contributed by atoms with Crippen molar-refractivity contribution in [2.75, 3.05) is 11.9 Å². The fourth-order valence-electron chi connectivity index (χ4n) is 1.09. The van der Waals surface area contributed by atoms with Gasteiger partial charge in [0.15, 0.2) is 0 Å². The molecule has 1 rings (SSSR count). The van der Waals surface area contributed by atoms with Gasteiger partial charge in [-0.3, -0.25) is 4.79 Å². The maximum atomic E-state index is 10.9. The van der Waals surface area contributed by atoms with Gasteiger partial charge in [0, 0.05) is 18.7 Å². The molecule has 0 radical (unpaired) electrons. The number of carbonyl (C=O) groups is 1. The van der Waals surface area contributed by atoms with Crippen molar-refractivity contribution in [2.24, 2.45) is 10.9 Å². The standard InChI is InChI=1S/C9H13N3O3S/c10-9(13)5-6-12-7-1-3-8(4-2-7)16(11,14)15/h1-4,12H,5-6H2,(H2,10,13)(H2,11,14,15). The number of primary sulfonamides is 1. The van der Waals surface area contributed by atoms with E-state index in [1.54, 1.807) is 12.1 Å². The third-order valence-electron chi connectivity index (χ3n) is 1.88. The van der Waals surface area contributed by atoms with Crippen LogP contribution in [-0.2, 0) is 14.8 Å². The molecule has 0 saturated carbocycles. The van der Waals surface area contributed by atoms with E-state index < -0.39 is 15.9 Å². The van der Waals surface area contributed by atoms with E-state index in [0.717, 1.165) is 0 Å². The molecule has 1 aromatic rings. The Labute approximate surface area is 93.7 Å². The smallest absolute Gasteiger partial charge is 0.238 e. The molecule has 6 nitrogen and oxygen atoms in total. The molecule has 16 heavy (non-hydrogen) atoms. The summed E-state index contributed by atoms with van der Waals surface area (Å²) >= 11 is 0. The second-order valence-electron chi connectivity index (χ2n) is 3.21. The summed E-state index contributed by atoms with van der Waals surface area (Å²) in [5.74, 6) is -0.395. The minimum atomic E-state index is -3.66. The zero-order valence-corrected chi connectivity index (χ0v) is 9.33. The lowest BCUT2D eigenvalue weighted by Gasteiger charge is -2.05. The van der Waals surface area contributed by atoms with E-state index in [0.29, 0.717) is 12.2 Å². The minimum absolute atomic E-state index is 0.0490. The summed E-state index contributed by atoms with van der Waals surface area (Å²) in [7, 11) is -3.66. The molecule has 5 N–H and O–H groups in total. The van der Waals surface area contributed by atoms with Crippen LogP contribution in [0.15, 0.2) is 29.2 Å². The molecule has 0 aliphatic heterocycles. The zero-order valence-electron chi connectivity index (χ0n) is 8.51. The predicted octanol–water partition coefficient (Wildman–Crippen LogP) is -0.379. The molecular weight excluding hydrogens is 230 g/mol. The maximum absolute atomic E-state index is 10.9. The van der Waals surface area contributed by atoms with E-state index >= 15 is 0 Å². The van der Waals surface area contributed by atoms with Crippen molar-refractivity contribution < 1.29 is 13.2 Å². The molecule has 0 aliphatic carbocycles. The van der Waals surface area contributed by atoms with Crippen LogP contribution in [0.3, 0.4) is 0 Å². The van der Waals surface area contributed by atoms with Gasteiger partial charge in [-0.25, -0.2) is 13.6 Å². The SMILES string of the molecule is NC(=O)CCNc1ccc(S(N)(=O)=O)cc1. The number of benzene rings is 1. The van der Waals surface area contributed by atoms with Crippen LogP contribution in [0, 0.1) is 0 Å². The van der Waals surface area contributed by atoms with E-state index in [1.807, 2.05) is 0 Å². The van der Waals surface area contributed by atoms with Gasteiger partial charge in [-0.2, -0.15) is 0 Å².